The Labute approximate surface area is 122 Å². The molecule has 1 amide bonds. The lowest BCUT2D eigenvalue weighted by Gasteiger charge is -2.00. The Morgan fingerprint density at radius 2 is 2.21 bits per heavy atom. The number of hydrogen-bond acceptors (Lipinski definition) is 6. The fourth-order valence-corrected chi connectivity index (χ4v) is 3.23. The summed E-state index contributed by atoms with van der Waals surface area (Å²) in [5.41, 5.74) is 0. The topological polar surface area (TPSA) is 64.1 Å². The molecule has 1 N–H and O–H groups in total. The molecule has 0 saturated carbocycles. The van der Waals surface area contributed by atoms with Crippen LogP contribution in [0.25, 0.3) is 0 Å². The molecule has 0 unspecified atom stereocenters. The lowest BCUT2D eigenvalue weighted by Crippen LogP contribution is -2.26. The normalized spacial score (nSPS) is 10.6. The van der Waals surface area contributed by atoms with Crippen LogP contribution in [0.5, 0.6) is 0 Å². The Bertz CT molecular complexity index is 372. The second-order valence-electron chi connectivity index (χ2n) is 4.03. The van der Waals surface area contributed by atoms with Crippen LogP contribution in [0, 0.1) is 0 Å². The predicted octanol–water partition coefficient (Wildman–Crippen LogP) is 2.59. The van der Waals surface area contributed by atoms with Crippen LogP contribution in [-0.4, -0.2) is 42.1 Å². The molecular weight excluding hydrogens is 282 g/mol. The van der Waals surface area contributed by atoms with Crippen molar-refractivity contribution >= 4 is 29.0 Å². The first-order valence-electron chi connectivity index (χ1n) is 6.51. The first-order chi connectivity index (χ1) is 9.27. The van der Waals surface area contributed by atoms with Crippen LogP contribution in [0.1, 0.15) is 42.4 Å². The van der Waals surface area contributed by atoms with Crippen molar-refractivity contribution in [1.82, 2.24) is 15.5 Å². The van der Waals surface area contributed by atoms with Gasteiger partial charge in [0.05, 0.1) is 6.61 Å². The monoisotopic (exact) mass is 303 g/mol. The van der Waals surface area contributed by atoms with Crippen LogP contribution in [0.15, 0.2) is 4.34 Å². The highest BCUT2D eigenvalue weighted by molar-refractivity contribution is 8.01. The third-order valence-electron chi connectivity index (χ3n) is 2.42. The van der Waals surface area contributed by atoms with E-state index in [4.69, 9.17) is 4.74 Å². The number of aromatic nitrogens is 2. The van der Waals surface area contributed by atoms with Gasteiger partial charge in [0.15, 0.2) is 4.34 Å². The minimum Gasteiger partial charge on any atom is -0.383 e. The molecule has 0 fully saturated rings. The summed E-state index contributed by atoms with van der Waals surface area (Å²) in [7, 11) is 1.60. The molecule has 1 heterocycles. The minimum absolute atomic E-state index is 0.174. The number of unbranched alkanes of at least 4 members (excludes halogenated alkanes) is 3. The zero-order valence-corrected chi connectivity index (χ0v) is 13.1. The molecule has 0 aliphatic carbocycles. The Morgan fingerprint density at radius 3 is 2.95 bits per heavy atom. The number of rotatable bonds is 10. The summed E-state index contributed by atoms with van der Waals surface area (Å²) in [5, 5.41) is 11.1. The molecule has 0 aromatic carbocycles. The van der Waals surface area contributed by atoms with Gasteiger partial charge in [-0.25, -0.2) is 0 Å². The second kappa shape index (κ2) is 10.2. The van der Waals surface area contributed by atoms with E-state index in [1.54, 1.807) is 18.9 Å². The van der Waals surface area contributed by atoms with Crippen molar-refractivity contribution in [3.8, 4) is 0 Å². The Hall–Kier alpha value is -0.660. The third-order valence-corrected chi connectivity index (χ3v) is 4.56. The highest BCUT2D eigenvalue weighted by atomic mass is 32.2. The van der Waals surface area contributed by atoms with Gasteiger partial charge in [-0.15, -0.1) is 10.2 Å². The van der Waals surface area contributed by atoms with Crippen molar-refractivity contribution in [2.75, 3.05) is 26.0 Å². The molecule has 0 bridgehead atoms. The quantitative estimate of drug-likeness (QED) is 0.531. The number of methoxy groups -OCH3 is 1. The maximum atomic E-state index is 11.7. The molecular formula is C12H21N3O2S2. The number of amides is 1. The summed E-state index contributed by atoms with van der Waals surface area (Å²) in [6.07, 6.45) is 4.97. The van der Waals surface area contributed by atoms with Crippen LogP contribution in [0.4, 0.5) is 0 Å². The summed E-state index contributed by atoms with van der Waals surface area (Å²) >= 11 is 3.03. The number of thioether (sulfide) groups is 1. The van der Waals surface area contributed by atoms with E-state index in [1.165, 1.54) is 37.0 Å². The highest BCUT2D eigenvalue weighted by Crippen LogP contribution is 2.23. The van der Waals surface area contributed by atoms with Gasteiger partial charge in [-0.1, -0.05) is 49.3 Å². The van der Waals surface area contributed by atoms with E-state index in [9.17, 15) is 4.79 Å². The average molecular weight is 303 g/mol. The van der Waals surface area contributed by atoms with E-state index < -0.39 is 0 Å². The molecule has 5 nitrogen and oxygen atoms in total. The van der Waals surface area contributed by atoms with E-state index >= 15 is 0 Å². The Kier molecular flexibility index (Phi) is 8.77. The van der Waals surface area contributed by atoms with E-state index in [2.05, 4.69) is 22.4 Å². The van der Waals surface area contributed by atoms with Crippen molar-refractivity contribution < 1.29 is 9.53 Å². The van der Waals surface area contributed by atoms with Gasteiger partial charge in [0.1, 0.15) is 0 Å². The van der Waals surface area contributed by atoms with E-state index in [1.807, 2.05) is 0 Å². The number of hydrogen-bond donors (Lipinski definition) is 1. The molecule has 1 aromatic heterocycles. The van der Waals surface area contributed by atoms with Crippen LogP contribution in [0.2, 0.25) is 0 Å². The smallest absolute Gasteiger partial charge is 0.282 e. The lowest BCUT2D eigenvalue weighted by molar-refractivity contribution is 0.0936. The Balaban J connectivity index is 2.25. The van der Waals surface area contributed by atoms with Gasteiger partial charge >= 0.3 is 0 Å². The molecule has 1 rings (SSSR count). The van der Waals surface area contributed by atoms with E-state index in [-0.39, 0.29) is 5.91 Å². The molecule has 1 aromatic rings. The zero-order chi connectivity index (χ0) is 13.9. The maximum Gasteiger partial charge on any atom is 0.282 e. The molecule has 0 aliphatic heterocycles. The van der Waals surface area contributed by atoms with E-state index in [0.717, 1.165) is 10.1 Å². The standard InChI is InChI=1S/C12H21N3O2S2/c1-3-4-5-6-9-18-12-15-14-11(19-12)10(16)13-7-8-17-2/h3-9H2,1-2H3,(H,13,16). The molecule has 7 heteroatoms. The van der Waals surface area contributed by atoms with Crippen molar-refractivity contribution in [2.24, 2.45) is 0 Å². The maximum absolute atomic E-state index is 11.7. The van der Waals surface area contributed by atoms with Gasteiger partial charge in [0, 0.05) is 19.4 Å². The number of ether oxygens (including phenoxy) is 1. The van der Waals surface area contributed by atoms with Gasteiger partial charge < -0.3 is 10.1 Å². The minimum atomic E-state index is -0.174. The summed E-state index contributed by atoms with van der Waals surface area (Å²) < 4.78 is 5.74. The van der Waals surface area contributed by atoms with Crippen molar-refractivity contribution in [1.29, 1.82) is 0 Å². The van der Waals surface area contributed by atoms with Gasteiger partial charge in [-0.3, -0.25) is 4.79 Å². The molecule has 0 radical (unpaired) electrons. The number of nitrogens with one attached hydrogen (secondary N) is 1. The first-order valence-corrected chi connectivity index (χ1v) is 8.31. The van der Waals surface area contributed by atoms with Crippen LogP contribution in [-0.2, 0) is 4.74 Å². The first kappa shape index (κ1) is 16.4. The second-order valence-corrected chi connectivity index (χ2v) is 6.35. The van der Waals surface area contributed by atoms with Crippen LogP contribution >= 0.6 is 23.1 Å². The summed E-state index contributed by atoms with van der Waals surface area (Å²) in [5.74, 6) is 0.868. The number of nitrogens with zero attached hydrogens (tertiary/aromatic N) is 2. The van der Waals surface area contributed by atoms with Crippen LogP contribution < -0.4 is 5.32 Å². The summed E-state index contributed by atoms with van der Waals surface area (Å²) in [6, 6.07) is 0. The van der Waals surface area contributed by atoms with Crippen molar-refractivity contribution in [2.45, 2.75) is 36.9 Å². The average Bonchev–Trinajstić information content (AvgIpc) is 2.87. The van der Waals surface area contributed by atoms with Crippen molar-refractivity contribution in [3.05, 3.63) is 5.01 Å². The summed E-state index contributed by atoms with van der Waals surface area (Å²) in [4.78, 5) is 11.7. The van der Waals surface area contributed by atoms with Gasteiger partial charge in [-0.2, -0.15) is 0 Å². The highest BCUT2D eigenvalue weighted by Gasteiger charge is 2.12. The van der Waals surface area contributed by atoms with E-state index in [0.29, 0.717) is 18.2 Å². The number of carbonyl (C=O) groups is 1. The molecule has 0 aliphatic rings. The van der Waals surface area contributed by atoms with Gasteiger partial charge in [-0.05, 0) is 6.42 Å². The van der Waals surface area contributed by atoms with Gasteiger partial charge in [0.25, 0.3) is 5.91 Å². The summed E-state index contributed by atoms with van der Waals surface area (Å²) in [6.45, 7) is 3.20. The van der Waals surface area contributed by atoms with Gasteiger partial charge in [0.2, 0.25) is 5.01 Å². The zero-order valence-electron chi connectivity index (χ0n) is 11.5. The molecule has 0 saturated heterocycles. The SMILES string of the molecule is CCCCCCSc1nnc(C(=O)NCCOC)s1. The molecule has 19 heavy (non-hydrogen) atoms. The fourth-order valence-electron chi connectivity index (χ4n) is 1.39. The molecule has 0 atom stereocenters. The van der Waals surface area contributed by atoms with Crippen molar-refractivity contribution in [3.63, 3.8) is 0 Å². The van der Waals surface area contributed by atoms with Crippen LogP contribution in [0.3, 0.4) is 0 Å². The lowest BCUT2D eigenvalue weighted by atomic mass is 10.2. The number of carbonyl (C=O) groups excluding carboxylic acids is 1. The Morgan fingerprint density at radius 1 is 1.37 bits per heavy atom. The molecule has 0 spiro atoms. The third kappa shape index (κ3) is 6.89. The largest absolute Gasteiger partial charge is 0.383 e. The molecule has 108 valence electrons. The predicted molar refractivity (Wildman–Crippen MR) is 79.0 cm³/mol. The fraction of sp³-hybridized carbons (Fsp3) is 0.750.